The minimum Gasteiger partial charge on any atom is -0.312 e. The number of nitriles is 1. The molecule has 0 aliphatic heterocycles. The highest BCUT2D eigenvalue weighted by atomic mass is 32.2. The van der Waals surface area contributed by atoms with E-state index in [1.54, 1.807) is 152 Å². The van der Waals surface area contributed by atoms with Gasteiger partial charge in [-0.25, -0.2) is 4.79 Å². The molecule has 67 heavy (non-hydrogen) atoms. The zero-order valence-electron chi connectivity index (χ0n) is 36.2. The molecule has 0 fully saturated rings. The van der Waals surface area contributed by atoms with Gasteiger partial charge in [-0.1, -0.05) is 161 Å². The van der Waals surface area contributed by atoms with Gasteiger partial charge in [0.05, 0.1) is 11.3 Å². The van der Waals surface area contributed by atoms with Crippen LogP contribution in [0, 0.1) is 18.3 Å². The number of thioether (sulfide) groups is 1. The molecule has 0 bridgehead atoms. The minimum atomic E-state index is -4.01. The molecule has 7 aromatic carbocycles. The standard InChI is InChI=1S/C22H17NO3S.C15H15NO3S.C14H10N2O3S/c1-27-19-14-12-17(13-15-19)21(24)20(16-8-4-2-5-9-16)23-26-22(25)18-10-6-3-7-11-18;1-12-8-10-15(11-9-12)20(17,18)19-16-13(2)14-6-4-3-5-7-14;15-11-14(12-7-3-1-4-8-12)16-19-20(17,18)13-9-5-2-6-10-13/h2-15H,1H3;3-11H,1-2H3;1-10H/b23-20+;16-13+;16-14+. The fourth-order valence-electron chi connectivity index (χ4n) is 5.45. The summed E-state index contributed by atoms with van der Waals surface area (Å²) in [5.74, 6) is -0.927. The van der Waals surface area contributed by atoms with Crippen molar-refractivity contribution in [1.82, 2.24) is 0 Å². The van der Waals surface area contributed by atoms with E-state index in [2.05, 4.69) is 19.8 Å². The Labute approximate surface area is 393 Å². The second-order valence-corrected chi connectivity index (χ2v) is 17.7. The van der Waals surface area contributed by atoms with Crippen molar-refractivity contribution in [3.05, 3.63) is 234 Å². The predicted molar refractivity (Wildman–Crippen MR) is 259 cm³/mol. The Morgan fingerprint density at radius 1 is 0.507 bits per heavy atom. The van der Waals surface area contributed by atoms with E-state index in [1.807, 2.05) is 61.7 Å². The summed E-state index contributed by atoms with van der Waals surface area (Å²) >= 11 is 1.59. The van der Waals surface area contributed by atoms with Gasteiger partial charge < -0.3 is 4.84 Å². The first-order chi connectivity index (χ1) is 32.3. The minimum absolute atomic E-state index is 0.0194. The number of aryl methyl sites for hydroxylation is 1. The maximum absolute atomic E-state index is 13.0. The number of ketones is 1. The van der Waals surface area contributed by atoms with Crippen molar-refractivity contribution in [2.75, 3.05) is 6.26 Å². The summed E-state index contributed by atoms with van der Waals surface area (Å²) in [6.45, 7) is 3.58. The SMILES string of the molecule is C/C(=N\OS(=O)(=O)c1ccc(C)cc1)c1ccccc1.CSc1ccc(C(=O)/C(=N/OC(=O)c2ccccc2)c2ccccc2)cc1.N#C/C(=N\OS(=O)(=O)c1ccccc1)c1ccccc1. The Balaban J connectivity index is 0.000000192. The number of hydrogen-bond donors (Lipinski definition) is 0. The van der Waals surface area contributed by atoms with E-state index in [0.717, 1.165) is 16.0 Å². The van der Waals surface area contributed by atoms with Gasteiger partial charge in [0.1, 0.15) is 15.9 Å². The van der Waals surface area contributed by atoms with Crippen LogP contribution < -0.4 is 0 Å². The average molecular weight is 951 g/mol. The van der Waals surface area contributed by atoms with Crippen LogP contribution in [0.5, 0.6) is 0 Å². The summed E-state index contributed by atoms with van der Waals surface area (Å²) in [5.41, 5.74) is 4.18. The monoisotopic (exact) mass is 950 g/mol. The molecule has 0 N–H and O–H groups in total. The number of Topliss-reactive ketones (excluding diaryl/α,β-unsaturated/α-hetero) is 1. The van der Waals surface area contributed by atoms with Gasteiger partial charge in [-0.05, 0) is 86.3 Å². The molecule has 13 nitrogen and oxygen atoms in total. The van der Waals surface area contributed by atoms with Gasteiger partial charge in [0.2, 0.25) is 5.78 Å². The lowest BCUT2D eigenvalue weighted by Crippen LogP contribution is -2.17. The van der Waals surface area contributed by atoms with E-state index in [0.29, 0.717) is 28.0 Å². The number of carbonyl (C=O) groups excluding carboxylic acids is 2. The molecule has 0 saturated heterocycles. The summed E-state index contributed by atoms with van der Waals surface area (Å²) in [6.07, 6.45) is 1.97. The van der Waals surface area contributed by atoms with Crippen molar-refractivity contribution in [3.8, 4) is 6.07 Å². The smallest absolute Gasteiger partial charge is 0.312 e. The van der Waals surface area contributed by atoms with E-state index in [4.69, 9.17) is 14.4 Å². The molecular formula is C51H42N4O9S3. The highest BCUT2D eigenvalue weighted by molar-refractivity contribution is 7.98. The molecule has 0 amide bonds. The average Bonchev–Trinajstić information content (AvgIpc) is 3.37. The Bertz CT molecular complexity index is 3080. The number of hydrogen-bond acceptors (Lipinski definition) is 14. The van der Waals surface area contributed by atoms with Crippen LogP contribution in [0.3, 0.4) is 0 Å². The van der Waals surface area contributed by atoms with Gasteiger partial charge in [0.25, 0.3) is 0 Å². The molecule has 0 atom stereocenters. The van der Waals surface area contributed by atoms with Gasteiger partial charge >= 0.3 is 26.2 Å². The predicted octanol–water partition coefficient (Wildman–Crippen LogP) is 10.3. The molecule has 338 valence electrons. The fourth-order valence-corrected chi connectivity index (χ4v) is 7.37. The molecule has 7 rings (SSSR count). The Hall–Kier alpha value is -7.97. The molecular weight excluding hydrogens is 909 g/mol. The number of benzene rings is 7. The highest BCUT2D eigenvalue weighted by Gasteiger charge is 2.20. The number of carbonyl (C=O) groups is 2. The summed E-state index contributed by atoms with van der Waals surface area (Å²) in [7, 11) is -7.88. The Morgan fingerprint density at radius 2 is 0.940 bits per heavy atom. The molecule has 0 heterocycles. The summed E-state index contributed by atoms with van der Waals surface area (Å²) < 4.78 is 56.9. The third-order valence-electron chi connectivity index (χ3n) is 9.03. The van der Waals surface area contributed by atoms with E-state index < -0.39 is 26.2 Å². The highest BCUT2D eigenvalue weighted by Crippen LogP contribution is 2.18. The van der Waals surface area contributed by atoms with Gasteiger partial charge in [0.15, 0.2) is 11.4 Å². The third-order valence-corrected chi connectivity index (χ3v) is 12.0. The largest absolute Gasteiger partial charge is 0.365 e. The molecule has 7 aromatic rings. The van der Waals surface area contributed by atoms with Crippen LogP contribution >= 0.6 is 11.8 Å². The first kappa shape index (κ1) is 50.0. The zero-order chi connectivity index (χ0) is 48.1. The maximum atomic E-state index is 13.0. The molecule has 0 spiro atoms. The normalized spacial score (nSPS) is 11.6. The van der Waals surface area contributed by atoms with Crippen LogP contribution in [-0.2, 0) is 33.6 Å². The van der Waals surface area contributed by atoms with Crippen molar-refractivity contribution >= 4 is 60.9 Å². The van der Waals surface area contributed by atoms with Gasteiger partial charge in [-0.2, -0.15) is 22.1 Å². The Kier molecular flexibility index (Phi) is 18.6. The van der Waals surface area contributed by atoms with Crippen LogP contribution in [-0.4, -0.2) is 52.0 Å². The van der Waals surface area contributed by atoms with Gasteiger partial charge in [-0.3, -0.25) is 13.4 Å². The Morgan fingerprint density at radius 3 is 1.43 bits per heavy atom. The first-order valence-corrected chi connectivity index (χ1v) is 24.1. The molecule has 0 aliphatic rings. The van der Waals surface area contributed by atoms with Gasteiger partial charge in [-0.15, -0.1) is 11.8 Å². The maximum Gasteiger partial charge on any atom is 0.365 e. The molecule has 0 aliphatic carbocycles. The van der Waals surface area contributed by atoms with Crippen LogP contribution in [0.1, 0.15) is 49.9 Å². The second-order valence-electron chi connectivity index (χ2n) is 13.8. The molecule has 0 aromatic heterocycles. The number of oxime groups is 3. The van der Waals surface area contributed by atoms with E-state index >= 15 is 0 Å². The van der Waals surface area contributed by atoms with Crippen LogP contribution in [0.4, 0.5) is 0 Å². The van der Waals surface area contributed by atoms with Gasteiger partial charge in [0, 0.05) is 21.6 Å². The summed E-state index contributed by atoms with van der Waals surface area (Å²) in [5, 5.41) is 20.0. The van der Waals surface area contributed by atoms with Crippen molar-refractivity contribution in [2.45, 2.75) is 28.5 Å². The van der Waals surface area contributed by atoms with Crippen LogP contribution in [0.15, 0.2) is 230 Å². The molecule has 0 saturated carbocycles. The number of nitrogens with zero attached hydrogens (tertiary/aromatic N) is 4. The second kappa shape index (κ2) is 24.9. The third kappa shape index (κ3) is 15.3. The van der Waals surface area contributed by atoms with Crippen LogP contribution in [0.2, 0.25) is 0 Å². The quantitative estimate of drug-likeness (QED) is 0.0331. The zero-order valence-corrected chi connectivity index (χ0v) is 38.7. The van der Waals surface area contributed by atoms with E-state index in [1.165, 1.54) is 24.3 Å². The molecule has 0 unspecified atom stereocenters. The van der Waals surface area contributed by atoms with Crippen molar-refractivity contribution in [1.29, 1.82) is 5.26 Å². The summed E-state index contributed by atoms with van der Waals surface area (Å²) in [6, 6.07) is 58.3. The molecule has 0 radical (unpaired) electrons. The summed E-state index contributed by atoms with van der Waals surface area (Å²) in [4.78, 5) is 31.3. The topological polar surface area (TPSA) is 191 Å². The van der Waals surface area contributed by atoms with Crippen LogP contribution in [0.25, 0.3) is 0 Å². The van der Waals surface area contributed by atoms with Crippen molar-refractivity contribution in [3.63, 3.8) is 0 Å². The van der Waals surface area contributed by atoms with E-state index in [-0.39, 0.29) is 27.0 Å². The van der Waals surface area contributed by atoms with Crippen molar-refractivity contribution < 1.29 is 39.8 Å². The lowest BCUT2D eigenvalue weighted by molar-refractivity contribution is 0.0516. The molecule has 16 heteroatoms. The number of rotatable bonds is 14. The van der Waals surface area contributed by atoms with Crippen molar-refractivity contribution in [2.24, 2.45) is 15.5 Å². The first-order valence-electron chi connectivity index (χ1n) is 20.0. The van der Waals surface area contributed by atoms with E-state index in [9.17, 15) is 26.4 Å². The lowest BCUT2D eigenvalue weighted by atomic mass is 10.0. The fraction of sp³-hybridized carbons (Fsp3) is 0.0588. The lowest BCUT2D eigenvalue weighted by Gasteiger charge is -2.07.